The lowest BCUT2D eigenvalue weighted by Crippen LogP contribution is -2.31. The van der Waals surface area contributed by atoms with Crippen LogP contribution in [0.4, 0.5) is 0 Å². The standard InChI is InChI=1S/C12H24N2/c1-12(2)11-13-7-6-10-14-8-4-3-5-9-14/h3-4,12-13H,5-11H2,1-2H3. The number of hydrogen-bond acceptors (Lipinski definition) is 2. The summed E-state index contributed by atoms with van der Waals surface area (Å²) in [6.07, 6.45) is 7.08. The lowest BCUT2D eigenvalue weighted by Gasteiger charge is -2.22. The Balaban J connectivity index is 1.90. The maximum atomic E-state index is 3.48. The van der Waals surface area contributed by atoms with Gasteiger partial charge in [0.15, 0.2) is 0 Å². The summed E-state index contributed by atoms with van der Waals surface area (Å²) >= 11 is 0. The summed E-state index contributed by atoms with van der Waals surface area (Å²) in [5.74, 6) is 0.771. The van der Waals surface area contributed by atoms with Crippen LogP contribution in [0.5, 0.6) is 0 Å². The van der Waals surface area contributed by atoms with Crippen LogP contribution in [0.25, 0.3) is 0 Å². The van der Waals surface area contributed by atoms with E-state index in [0.29, 0.717) is 0 Å². The largest absolute Gasteiger partial charge is 0.316 e. The van der Waals surface area contributed by atoms with Gasteiger partial charge in [-0.15, -0.1) is 0 Å². The Morgan fingerprint density at radius 3 is 2.86 bits per heavy atom. The van der Waals surface area contributed by atoms with Gasteiger partial charge in [-0.05, 0) is 38.4 Å². The van der Waals surface area contributed by atoms with Crippen molar-refractivity contribution < 1.29 is 0 Å². The smallest absolute Gasteiger partial charge is 0.0163 e. The molecule has 0 unspecified atom stereocenters. The molecule has 82 valence electrons. The average Bonchev–Trinajstić information content (AvgIpc) is 2.18. The summed E-state index contributed by atoms with van der Waals surface area (Å²) in [6, 6.07) is 0. The molecule has 0 aromatic rings. The Labute approximate surface area is 88.4 Å². The molecule has 1 aliphatic rings. The molecule has 0 bridgehead atoms. The molecule has 0 aromatic heterocycles. The molecule has 0 aliphatic carbocycles. The van der Waals surface area contributed by atoms with E-state index in [4.69, 9.17) is 0 Å². The van der Waals surface area contributed by atoms with E-state index in [-0.39, 0.29) is 0 Å². The third-order valence-corrected chi connectivity index (χ3v) is 2.52. The second-order valence-electron chi connectivity index (χ2n) is 4.51. The fourth-order valence-corrected chi connectivity index (χ4v) is 1.71. The Hall–Kier alpha value is -0.340. The van der Waals surface area contributed by atoms with Gasteiger partial charge in [-0.2, -0.15) is 0 Å². The summed E-state index contributed by atoms with van der Waals surface area (Å²) in [5, 5.41) is 3.48. The molecule has 14 heavy (non-hydrogen) atoms. The second kappa shape index (κ2) is 7.02. The van der Waals surface area contributed by atoms with Gasteiger partial charge in [0, 0.05) is 13.1 Å². The number of nitrogens with one attached hydrogen (secondary N) is 1. The van der Waals surface area contributed by atoms with E-state index in [1.54, 1.807) is 0 Å². The highest BCUT2D eigenvalue weighted by molar-refractivity contribution is 4.90. The Bertz CT molecular complexity index is 164. The quantitative estimate of drug-likeness (QED) is 0.515. The van der Waals surface area contributed by atoms with Crippen LogP contribution in [0.3, 0.4) is 0 Å². The van der Waals surface area contributed by atoms with Gasteiger partial charge >= 0.3 is 0 Å². The Morgan fingerprint density at radius 2 is 2.21 bits per heavy atom. The number of hydrogen-bond donors (Lipinski definition) is 1. The van der Waals surface area contributed by atoms with Crippen molar-refractivity contribution in [2.75, 3.05) is 32.7 Å². The Kier molecular flexibility index (Phi) is 5.88. The molecule has 0 spiro atoms. The maximum Gasteiger partial charge on any atom is 0.0163 e. The molecule has 1 rings (SSSR count). The highest BCUT2D eigenvalue weighted by Crippen LogP contribution is 2.01. The molecular formula is C12H24N2. The first-order chi connectivity index (χ1) is 6.79. The van der Waals surface area contributed by atoms with E-state index >= 15 is 0 Å². The lowest BCUT2D eigenvalue weighted by atomic mass is 10.2. The minimum Gasteiger partial charge on any atom is -0.316 e. The molecule has 0 saturated heterocycles. The zero-order chi connectivity index (χ0) is 10.2. The van der Waals surface area contributed by atoms with Crippen molar-refractivity contribution in [1.29, 1.82) is 0 Å². The topological polar surface area (TPSA) is 15.3 Å². The summed E-state index contributed by atoms with van der Waals surface area (Å²) in [4.78, 5) is 2.52. The first-order valence-electron chi connectivity index (χ1n) is 5.87. The molecule has 0 amide bonds. The SMILES string of the molecule is CC(C)CNCCCN1CC=CCC1. The van der Waals surface area contributed by atoms with Gasteiger partial charge in [0.25, 0.3) is 0 Å². The van der Waals surface area contributed by atoms with E-state index in [2.05, 4.69) is 36.2 Å². The zero-order valence-electron chi connectivity index (χ0n) is 9.63. The van der Waals surface area contributed by atoms with Crippen molar-refractivity contribution in [3.8, 4) is 0 Å². The lowest BCUT2D eigenvalue weighted by molar-refractivity contribution is 0.292. The van der Waals surface area contributed by atoms with Crippen molar-refractivity contribution in [2.24, 2.45) is 5.92 Å². The van der Waals surface area contributed by atoms with Crippen LogP contribution in [0, 0.1) is 5.92 Å². The molecule has 0 atom stereocenters. The molecule has 0 fully saturated rings. The number of rotatable bonds is 6. The third-order valence-electron chi connectivity index (χ3n) is 2.52. The first-order valence-corrected chi connectivity index (χ1v) is 5.87. The van der Waals surface area contributed by atoms with Crippen LogP contribution in [0.15, 0.2) is 12.2 Å². The van der Waals surface area contributed by atoms with Crippen LogP contribution in [-0.2, 0) is 0 Å². The van der Waals surface area contributed by atoms with E-state index in [1.165, 1.54) is 32.5 Å². The predicted octanol–water partition coefficient (Wildman–Crippen LogP) is 1.88. The minimum atomic E-state index is 0.771. The fourth-order valence-electron chi connectivity index (χ4n) is 1.71. The van der Waals surface area contributed by atoms with Crippen LogP contribution in [0.2, 0.25) is 0 Å². The van der Waals surface area contributed by atoms with Gasteiger partial charge < -0.3 is 5.32 Å². The van der Waals surface area contributed by atoms with Crippen molar-refractivity contribution in [2.45, 2.75) is 26.7 Å². The molecule has 2 nitrogen and oxygen atoms in total. The monoisotopic (exact) mass is 196 g/mol. The highest BCUT2D eigenvalue weighted by atomic mass is 15.1. The van der Waals surface area contributed by atoms with E-state index < -0.39 is 0 Å². The Morgan fingerprint density at radius 1 is 1.36 bits per heavy atom. The van der Waals surface area contributed by atoms with Gasteiger partial charge in [0.1, 0.15) is 0 Å². The summed E-state index contributed by atoms with van der Waals surface area (Å²) in [5.41, 5.74) is 0. The van der Waals surface area contributed by atoms with Crippen molar-refractivity contribution >= 4 is 0 Å². The number of nitrogens with zero attached hydrogens (tertiary/aromatic N) is 1. The van der Waals surface area contributed by atoms with Crippen molar-refractivity contribution in [1.82, 2.24) is 10.2 Å². The molecule has 1 aliphatic heterocycles. The van der Waals surface area contributed by atoms with Crippen LogP contribution in [-0.4, -0.2) is 37.6 Å². The fraction of sp³-hybridized carbons (Fsp3) is 0.833. The predicted molar refractivity (Wildman–Crippen MR) is 62.5 cm³/mol. The summed E-state index contributed by atoms with van der Waals surface area (Å²) in [6.45, 7) is 10.5. The molecule has 0 radical (unpaired) electrons. The first kappa shape index (κ1) is 11.7. The highest BCUT2D eigenvalue weighted by Gasteiger charge is 2.04. The van der Waals surface area contributed by atoms with E-state index in [1.807, 2.05) is 0 Å². The van der Waals surface area contributed by atoms with Crippen molar-refractivity contribution in [3.05, 3.63) is 12.2 Å². The van der Waals surface area contributed by atoms with Gasteiger partial charge in [-0.1, -0.05) is 26.0 Å². The molecule has 0 aromatic carbocycles. The van der Waals surface area contributed by atoms with Crippen LogP contribution < -0.4 is 5.32 Å². The van der Waals surface area contributed by atoms with E-state index in [9.17, 15) is 0 Å². The molecule has 0 saturated carbocycles. The minimum absolute atomic E-state index is 0.771. The average molecular weight is 196 g/mol. The van der Waals surface area contributed by atoms with Crippen LogP contribution >= 0.6 is 0 Å². The maximum absolute atomic E-state index is 3.48. The molecular weight excluding hydrogens is 172 g/mol. The van der Waals surface area contributed by atoms with Gasteiger partial charge in [-0.25, -0.2) is 0 Å². The van der Waals surface area contributed by atoms with Gasteiger partial charge in [-0.3, -0.25) is 4.90 Å². The van der Waals surface area contributed by atoms with Gasteiger partial charge in [0.05, 0.1) is 0 Å². The normalized spacial score (nSPS) is 17.9. The third kappa shape index (κ3) is 5.40. The second-order valence-corrected chi connectivity index (χ2v) is 4.51. The molecule has 2 heteroatoms. The molecule has 1 N–H and O–H groups in total. The summed E-state index contributed by atoms with van der Waals surface area (Å²) in [7, 11) is 0. The summed E-state index contributed by atoms with van der Waals surface area (Å²) < 4.78 is 0. The zero-order valence-corrected chi connectivity index (χ0v) is 9.63. The van der Waals surface area contributed by atoms with Crippen LogP contribution in [0.1, 0.15) is 26.7 Å². The van der Waals surface area contributed by atoms with E-state index in [0.717, 1.165) is 19.0 Å². The van der Waals surface area contributed by atoms with Gasteiger partial charge in [0.2, 0.25) is 0 Å². The van der Waals surface area contributed by atoms with Crippen molar-refractivity contribution in [3.63, 3.8) is 0 Å². The molecule has 1 heterocycles.